The van der Waals surface area contributed by atoms with E-state index in [0.717, 1.165) is 10.6 Å². The molecule has 1 amide bonds. The molecule has 3 rings (SSSR count). The zero-order valence-electron chi connectivity index (χ0n) is 17.6. The number of ether oxygens (including phenoxy) is 1. The molecule has 1 N–H and O–H groups in total. The molecule has 31 heavy (non-hydrogen) atoms. The van der Waals surface area contributed by atoms with Gasteiger partial charge in [0.1, 0.15) is 12.6 Å². The molecule has 0 saturated carbocycles. The predicted octanol–water partition coefficient (Wildman–Crippen LogP) is 2.85. The van der Waals surface area contributed by atoms with Crippen LogP contribution in [0.1, 0.15) is 36.3 Å². The van der Waals surface area contributed by atoms with Crippen molar-refractivity contribution in [1.82, 2.24) is 20.0 Å². The Morgan fingerprint density at radius 1 is 1.29 bits per heavy atom. The summed E-state index contributed by atoms with van der Waals surface area (Å²) < 4.78 is 45.1. The van der Waals surface area contributed by atoms with E-state index in [1.54, 1.807) is 25.5 Å². The van der Waals surface area contributed by atoms with Gasteiger partial charge in [0.25, 0.3) is 0 Å². The van der Waals surface area contributed by atoms with Crippen LogP contribution in [0.25, 0.3) is 5.69 Å². The van der Waals surface area contributed by atoms with Crippen molar-refractivity contribution in [3.63, 3.8) is 0 Å². The highest BCUT2D eigenvalue weighted by atomic mass is 19.4. The van der Waals surface area contributed by atoms with E-state index in [0.29, 0.717) is 17.0 Å². The van der Waals surface area contributed by atoms with Gasteiger partial charge < -0.3 is 9.64 Å². The number of benzene rings is 1. The first kappa shape index (κ1) is 22.8. The molecule has 1 aromatic heterocycles. The molecule has 168 valence electrons. The lowest BCUT2D eigenvalue weighted by molar-refractivity contribution is -0.158. The number of hydrogen-bond donors (Lipinski definition) is 1. The summed E-state index contributed by atoms with van der Waals surface area (Å²) in [5.41, 5.74) is 2.57. The van der Waals surface area contributed by atoms with Gasteiger partial charge in [-0.05, 0) is 39.3 Å². The average molecular weight is 438 g/mol. The molecule has 2 unspecified atom stereocenters. The molecule has 0 spiro atoms. The fourth-order valence-corrected chi connectivity index (χ4v) is 3.86. The monoisotopic (exact) mass is 438 g/mol. The van der Waals surface area contributed by atoms with E-state index in [1.807, 2.05) is 30.3 Å². The molecule has 7 nitrogen and oxygen atoms in total. The lowest BCUT2D eigenvalue weighted by Crippen LogP contribution is -2.45. The first-order valence-electron chi connectivity index (χ1n) is 10.0. The first-order valence-corrected chi connectivity index (χ1v) is 10.0. The Kier molecular flexibility index (Phi) is 6.68. The number of halogens is 3. The fraction of sp³-hybridized carbons (Fsp3) is 0.476. The second-order valence-electron chi connectivity index (χ2n) is 7.40. The van der Waals surface area contributed by atoms with E-state index in [1.165, 1.54) is 0 Å². The third-order valence-corrected chi connectivity index (χ3v) is 5.19. The van der Waals surface area contributed by atoms with Gasteiger partial charge in [-0.1, -0.05) is 18.2 Å². The van der Waals surface area contributed by atoms with Gasteiger partial charge >= 0.3 is 12.1 Å². The Hall–Kier alpha value is -2.88. The van der Waals surface area contributed by atoms with Crippen LogP contribution in [0.3, 0.4) is 0 Å². The van der Waals surface area contributed by atoms with Gasteiger partial charge in [-0.15, -0.1) is 0 Å². The molecule has 1 aliphatic heterocycles. The number of nitrogens with one attached hydrogen (secondary N) is 1. The van der Waals surface area contributed by atoms with Crippen LogP contribution >= 0.6 is 0 Å². The third kappa shape index (κ3) is 5.07. The van der Waals surface area contributed by atoms with Crippen molar-refractivity contribution in [3.8, 4) is 5.69 Å². The normalized spacial score (nSPS) is 17.8. The molecule has 1 aliphatic rings. The minimum Gasteiger partial charge on any atom is -0.465 e. The molecule has 2 aromatic rings. The highest BCUT2D eigenvalue weighted by Crippen LogP contribution is 2.28. The van der Waals surface area contributed by atoms with Crippen molar-refractivity contribution >= 4 is 11.9 Å². The van der Waals surface area contributed by atoms with Crippen LogP contribution in [0, 0.1) is 13.8 Å². The van der Waals surface area contributed by atoms with Gasteiger partial charge in [0.15, 0.2) is 0 Å². The minimum absolute atomic E-state index is 0.0349. The Morgan fingerprint density at radius 2 is 1.97 bits per heavy atom. The molecule has 0 radical (unpaired) electrons. The number of aromatic nitrogens is 2. The number of carbonyl (C=O) groups excluding carboxylic acids is 2. The number of likely N-dealkylation sites (tertiary alicyclic amines) is 1. The summed E-state index contributed by atoms with van der Waals surface area (Å²) in [6, 6.07) is 7.37. The third-order valence-electron chi connectivity index (χ3n) is 5.19. The standard InChI is InChI=1S/C21H25F3N4O3/c1-4-31-20(30)18(25-16-10-11-27(19(16)29)12-21(22,23)24)17-13(2)26-28(14(17)3)15-8-6-5-7-9-15/h5-9,16,18,25H,4,10-12H2,1-3H3. The second kappa shape index (κ2) is 9.09. The largest absolute Gasteiger partial charge is 0.465 e. The molecule has 1 fully saturated rings. The van der Waals surface area contributed by atoms with Crippen LogP contribution in [0.15, 0.2) is 30.3 Å². The molecular weight excluding hydrogens is 413 g/mol. The quantitative estimate of drug-likeness (QED) is 0.673. The van der Waals surface area contributed by atoms with Crippen LogP contribution in [0.4, 0.5) is 13.2 Å². The minimum atomic E-state index is -4.48. The average Bonchev–Trinajstić information content (AvgIpc) is 3.19. The van der Waals surface area contributed by atoms with Gasteiger partial charge in [-0.2, -0.15) is 18.3 Å². The van der Waals surface area contributed by atoms with E-state index in [9.17, 15) is 22.8 Å². The maximum atomic E-state index is 12.8. The smallest absolute Gasteiger partial charge is 0.406 e. The summed E-state index contributed by atoms with van der Waals surface area (Å²) in [5, 5.41) is 7.47. The van der Waals surface area contributed by atoms with Crippen molar-refractivity contribution in [1.29, 1.82) is 0 Å². The number of rotatable bonds is 7. The van der Waals surface area contributed by atoms with Crippen molar-refractivity contribution < 1.29 is 27.5 Å². The van der Waals surface area contributed by atoms with Crippen molar-refractivity contribution in [2.75, 3.05) is 19.7 Å². The van der Waals surface area contributed by atoms with Gasteiger partial charge in [-0.25, -0.2) is 9.48 Å². The molecule has 10 heteroatoms. The number of esters is 1. The molecule has 2 atom stereocenters. The van der Waals surface area contributed by atoms with Gasteiger partial charge in [0, 0.05) is 17.8 Å². The zero-order valence-corrected chi connectivity index (χ0v) is 17.6. The van der Waals surface area contributed by atoms with Crippen LogP contribution in [-0.2, 0) is 14.3 Å². The van der Waals surface area contributed by atoms with E-state index in [4.69, 9.17) is 4.74 Å². The lowest BCUT2D eigenvalue weighted by Gasteiger charge is -2.23. The number of hydrogen-bond acceptors (Lipinski definition) is 5. The maximum absolute atomic E-state index is 12.8. The topological polar surface area (TPSA) is 76.5 Å². The number of amides is 1. The van der Waals surface area contributed by atoms with Crippen LogP contribution in [0.5, 0.6) is 0 Å². The molecule has 1 saturated heterocycles. The highest BCUT2D eigenvalue weighted by Gasteiger charge is 2.41. The SMILES string of the molecule is CCOC(=O)C(NC1CCN(CC(F)(F)F)C1=O)c1c(C)nn(-c2ccccc2)c1C. The van der Waals surface area contributed by atoms with Gasteiger partial charge in [-0.3, -0.25) is 10.1 Å². The van der Waals surface area contributed by atoms with Crippen LogP contribution < -0.4 is 5.32 Å². The van der Waals surface area contributed by atoms with Crippen molar-refractivity contribution in [2.24, 2.45) is 0 Å². The van der Waals surface area contributed by atoms with E-state index in [2.05, 4.69) is 10.4 Å². The molecule has 0 aliphatic carbocycles. The summed E-state index contributed by atoms with van der Waals surface area (Å²) in [4.78, 5) is 26.0. The summed E-state index contributed by atoms with van der Waals surface area (Å²) >= 11 is 0. The summed E-state index contributed by atoms with van der Waals surface area (Å²) in [5.74, 6) is -1.29. The van der Waals surface area contributed by atoms with Crippen LogP contribution in [-0.4, -0.2) is 58.5 Å². The van der Waals surface area contributed by atoms with Crippen LogP contribution in [0.2, 0.25) is 0 Å². The van der Waals surface area contributed by atoms with E-state index < -0.39 is 36.7 Å². The van der Waals surface area contributed by atoms with Crippen molar-refractivity contribution in [2.45, 2.75) is 45.5 Å². The Morgan fingerprint density at radius 3 is 2.58 bits per heavy atom. The predicted molar refractivity (Wildman–Crippen MR) is 107 cm³/mol. The number of aryl methyl sites for hydroxylation is 1. The van der Waals surface area contributed by atoms with Gasteiger partial charge in [0.05, 0.1) is 24.0 Å². The maximum Gasteiger partial charge on any atom is 0.406 e. The zero-order chi connectivity index (χ0) is 22.8. The van der Waals surface area contributed by atoms with Crippen molar-refractivity contribution in [3.05, 3.63) is 47.3 Å². The number of nitrogens with zero attached hydrogens (tertiary/aromatic N) is 3. The fourth-order valence-electron chi connectivity index (χ4n) is 3.86. The summed E-state index contributed by atoms with van der Waals surface area (Å²) in [6.45, 7) is 3.98. The lowest BCUT2D eigenvalue weighted by atomic mass is 10.0. The van der Waals surface area contributed by atoms with E-state index in [-0.39, 0.29) is 19.6 Å². The molecule has 2 heterocycles. The summed E-state index contributed by atoms with van der Waals surface area (Å²) in [7, 11) is 0. The second-order valence-corrected chi connectivity index (χ2v) is 7.40. The summed E-state index contributed by atoms with van der Waals surface area (Å²) in [6.07, 6.45) is -4.31. The highest BCUT2D eigenvalue weighted by molar-refractivity contribution is 5.86. The number of carbonyl (C=O) groups is 2. The van der Waals surface area contributed by atoms with Gasteiger partial charge in [0.2, 0.25) is 5.91 Å². The Labute approximate surface area is 178 Å². The Bertz CT molecular complexity index is 943. The number of alkyl halides is 3. The molecule has 1 aromatic carbocycles. The Balaban J connectivity index is 1.90. The first-order chi connectivity index (χ1) is 14.6. The van der Waals surface area contributed by atoms with E-state index >= 15 is 0 Å². The number of para-hydroxylation sites is 1. The molecular formula is C21H25F3N4O3. The molecule has 0 bridgehead atoms.